The van der Waals surface area contributed by atoms with Gasteiger partial charge in [-0.3, -0.25) is 19.3 Å². The van der Waals surface area contributed by atoms with E-state index in [0.717, 1.165) is 51.6 Å². The average Bonchev–Trinajstić information content (AvgIpc) is 2.87. The van der Waals surface area contributed by atoms with Gasteiger partial charge in [0.25, 0.3) is 0 Å². The minimum atomic E-state index is -0.352. The Morgan fingerprint density at radius 1 is 1.17 bits per heavy atom. The maximum absolute atomic E-state index is 12.0. The number of nitrogens with one attached hydrogen (secondary N) is 1. The number of primary amides is 1. The summed E-state index contributed by atoms with van der Waals surface area (Å²) in [6.07, 6.45) is 6.23. The van der Waals surface area contributed by atoms with E-state index in [9.17, 15) is 14.4 Å². The van der Waals surface area contributed by atoms with E-state index < -0.39 is 0 Å². The van der Waals surface area contributed by atoms with Crippen LogP contribution in [0.2, 0.25) is 0 Å². The Balaban J connectivity index is 1.63. The third-order valence-corrected chi connectivity index (χ3v) is 4.64. The van der Waals surface area contributed by atoms with Crippen LogP contribution in [0.4, 0.5) is 0 Å². The van der Waals surface area contributed by atoms with E-state index in [2.05, 4.69) is 5.32 Å². The Morgan fingerprint density at radius 2 is 2.00 bits per heavy atom. The second kappa shape index (κ2) is 8.86. The summed E-state index contributed by atoms with van der Waals surface area (Å²) in [5.41, 5.74) is 5.34. The van der Waals surface area contributed by atoms with Crippen LogP contribution in [0, 0.1) is 0 Å². The number of likely N-dealkylation sites (tertiary alicyclic amines) is 2. The summed E-state index contributed by atoms with van der Waals surface area (Å²) in [4.78, 5) is 38.9. The quantitative estimate of drug-likeness (QED) is 0.636. The lowest BCUT2D eigenvalue weighted by Gasteiger charge is -2.22. The van der Waals surface area contributed by atoms with Crippen molar-refractivity contribution in [2.45, 2.75) is 51.0 Å². The molecule has 0 bridgehead atoms. The van der Waals surface area contributed by atoms with Gasteiger partial charge < -0.3 is 16.0 Å². The van der Waals surface area contributed by atoms with E-state index in [-0.39, 0.29) is 30.3 Å². The molecule has 2 saturated heterocycles. The summed E-state index contributed by atoms with van der Waals surface area (Å²) in [5.74, 6) is -0.203. The normalized spacial score (nSPS) is 22.9. The van der Waals surface area contributed by atoms with Gasteiger partial charge in [-0.25, -0.2) is 0 Å². The van der Waals surface area contributed by atoms with Crippen molar-refractivity contribution in [1.82, 2.24) is 15.1 Å². The number of carbonyl (C=O) groups is 3. The number of rotatable bonds is 7. The number of hydrogen-bond acceptors (Lipinski definition) is 4. The van der Waals surface area contributed by atoms with E-state index in [4.69, 9.17) is 5.73 Å². The molecule has 3 N–H and O–H groups in total. The molecule has 0 spiro atoms. The fourth-order valence-electron chi connectivity index (χ4n) is 3.35. The van der Waals surface area contributed by atoms with Gasteiger partial charge in [-0.1, -0.05) is 6.42 Å². The molecule has 2 rings (SSSR count). The molecular formula is C16H28N4O3. The first-order valence-electron chi connectivity index (χ1n) is 8.66. The lowest BCUT2D eigenvalue weighted by Crippen LogP contribution is -2.45. The van der Waals surface area contributed by atoms with Crippen molar-refractivity contribution in [2.24, 2.45) is 5.73 Å². The summed E-state index contributed by atoms with van der Waals surface area (Å²) in [7, 11) is 0. The number of nitrogens with zero attached hydrogens (tertiary/aromatic N) is 2. The van der Waals surface area contributed by atoms with Gasteiger partial charge in [-0.05, 0) is 38.6 Å². The number of nitrogens with two attached hydrogens (primary N) is 1. The average molecular weight is 324 g/mol. The van der Waals surface area contributed by atoms with Crippen LogP contribution in [0.15, 0.2) is 0 Å². The molecule has 0 radical (unpaired) electrons. The van der Waals surface area contributed by atoms with Gasteiger partial charge in [0.05, 0.1) is 12.6 Å². The Kier molecular flexibility index (Phi) is 6.83. The van der Waals surface area contributed by atoms with Crippen LogP contribution in [0.25, 0.3) is 0 Å². The monoisotopic (exact) mass is 324 g/mol. The van der Waals surface area contributed by atoms with Crippen molar-refractivity contribution >= 4 is 17.7 Å². The van der Waals surface area contributed by atoms with Crippen molar-refractivity contribution in [3.63, 3.8) is 0 Å². The maximum atomic E-state index is 12.0. The Hall–Kier alpha value is -1.63. The molecule has 0 aromatic heterocycles. The van der Waals surface area contributed by atoms with Gasteiger partial charge in [-0.2, -0.15) is 0 Å². The molecule has 3 amide bonds. The van der Waals surface area contributed by atoms with Crippen LogP contribution in [-0.4, -0.2) is 66.3 Å². The minimum Gasteiger partial charge on any atom is -0.368 e. The molecule has 0 aromatic carbocycles. The number of carbonyl (C=O) groups excluding carboxylic acids is 3. The Morgan fingerprint density at radius 3 is 2.78 bits per heavy atom. The zero-order chi connectivity index (χ0) is 16.7. The van der Waals surface area contributed by atoms with E-state index >= 15 is 0 Å². The molecule has 7 heteroatoms. The number of hydrogen-bond donors (Lipinski definition) is 2. The molecule has 2 fully saturated rings. The maximum Gasteiger partial charge on any atom is 0.234 e. The molecule has 7 nitrogen and oxygen atoms in total. The van der Waals surface area contributed by atoms with Crippen molar-refractivity contribution in [3.8, 4) is 0 Å². The first-order chi connectivity index (χ1) is 11.1. The zero-order valence-electron chi connectivity index (χ0n) is 13.8. The summed E-state index contributed by atoms with van der Waals surface area (Å²) < 4.78 is 0. The fourth-order valence-corrected chi connectivity index (χ4v) is 3.35. The summed E-state index contributed by atoms with van der Waals surface area (Å²) in [6, 6.07) is -0.310. The van der Waals surface area contributed by atoms with Crippen LogP contribution in [-0.2, 0) is 14.4 Å². The molecule has 0 aromatic rings. The van der Waals surface area contributed by atoms with Crippen LogP contribution >= 0.6 is 0 Å². The highest BCUT2D eigenvalue weighted by Gasteiger charge is 2.30. The summed E-state index contributed by atoms with van der Waals surface area (Å²) >= 11 is 0. The number of amides is 3. The molecule has 130 valence electrons. The van der Waals surface area contributed by atoms with Gasteiger partial charge in [0, 0.05) is 26.1 Å². The first kappa shape index (κ1) is 17.7. The molecule has 23 heavy (non-hydrogen) atoms. The van der Waals surface area contributed by atoms with E-state index in [1.807, 2.05) is 9.80 Å². The van der Waals surface area contributed by atoms with Crippen molar-refractivity contribution < 1.29 is 14.4 Å². The highest BCUT2D eigenvalue weighted by atomic mass is 16.2. The zero-order valence-corrected chi connectivity index (χ0v) is 13.8. The van der Waals surface area contributed by atoms with Crippen LogP contribution < -0.4 is 11.1 Å². The van der Waals surface area contributed by atoms with Crippen LogP contribution in [0.3, 0.4) is 0 Å². The van der Waals surface area contributed by atoms with Gasteiger partial charge >= 0.3 is 0 Å². The molecule has 1 unspecified atom stereocenters. The smallest absolute Gasteiger partial charge is 0.234 e. The highest BCUT2D eigenvalue weighted by molar-refractivity contribution is 5.82. The molecular weight excluding hydrogens is 296 g/mol. The highest BCUT2D eigenvalue weighted by Crippen LogP contribution is 2.16. The predicted molar refractivity (Wildman–Crippen MR) is 86.5 cm³/mol. The van der Waals surface area contributed by atoms with E-state index in [0.29, 0.717) is 19.5 Å². The van der Waals surface area contributed by atoms with Crippen LogP contribution in [0.1, 0.15) is 44.9 Å². The second-order valence-electron chi connectivity index (χ2n) is 6.43. The first-order valence-corrected chi connectivity index (χ1v) is 8.66. The standard InChI is InChI=1S/C16H28N4O3/c17-16(23)13-6-4-10-20(13)12-14(21)18-8-5-11-19-9-3-1-2-7-15(19)22/h13H,1-12H2,(H2,17,23)(H,18,21). The third kappa shape index (κ3) is 5.49. The molecule has 2 aliphatic rings. The minimum absolute atomic E-state index is 0.0830. The SMILES string of the molecule is NC(=O)C1CCCN1CC(=O)NCCCN1CCCCCC1=O. The fraction of sp³-hybridized carbons (Fsp3) is 0.812. The van der Waals surface area contributed by atoms with Gasteiger partial charge in [0.1, 0.15) is 0 Å². The van der Waals surface area contributed by atoms with Gasteiger partial charge in [0.2, 0.25) is 17.7 Å². The van der Waals surface area contributed by atoms with E-state index in [1.165, 1.54) is 0 Å². The van der Waals surface area contributed by atoms with Crippen molar-refractivity contribution in [2.75, 3.05) is 32.7 Å². The summed E-state index contributed by atoms with van der Waals surface area (Å²) in [6.45, 7) is 3.05. The van der Waals surface area contributed by atoms with Crippen molar-refractivity contribution in [1.29, 1.82) is 0 Å². The lowest BCUT2D eigenvalue weighted by molar-refractivity contribution is -0.130. The van der Waals surface area contributed by atoms with Crippen LogP contribution in [0.5, 0.6) is 0 Å². The predicted octanol–water partition coefficient (Wildman–Crippen LogP) is -0.155. The lowest BCUT2D eigenvalue weighted by atomic mass is 10.2. The molecule has 2 heterocycles. The molecule has 1 atom stereocenters. The molecule has 0 aliphatic carbocycles. The second-order valence-corrected chi connectivity index (χ2v) is 6.43. The largest absolute Gasteiger partial charge is 0.368 e. The van der Waals surface area contributed by atoms with Crippen molar-refractivity contribution in [3.05, 3.63) is 0 Å². The third-order valence-electron chi connectivity index (χ3n) is 4.64. The molecule has 0 saturated carbocycles. The van der Waals surface area contributed by atoms with Gasteiger partial charge in [-0.15, -0.1) is 0 Å². The van der Waals surface area contributed by atoms with Gasteiger partial charge in [0.15, 0.2) is 0 Å². The van der Waals surface area contributed by atoms with E-state index in [1.54, 1.807) is 0 Å². The Labute approximate surface area is 137 Å². The molecule has 2 aliphatic heterocycles. The topological polar surface area (TPSA) is 95.7 Å². The summed E-state index contributed by atoms with van der Waals surface area (Å²) in [5, 5.41) is 2.87. The Bertz CT molecular complexity index is 441.